The van der Waals surface area contributed by atoms with E-state index >= 15 is 0 Å². The van der Waals surface area contributed by atoms with Gasteiger partial charge in [0.05, 0.1) is 19.6 Å². The van der Waals surface area contributed by atoms with Crippen LogP contribution in [0.5, 0.6) is 0 Å². The van der Waals surface area contributed by atoms with Crippen molar-refractivity contribution in [3.63, 3.8) is 0 Å². The van der Waals surface area contributed by atoms with Gasteiger partial charge in [-0.25, -0.2) is 0 Å². The van der Waals surface area contributed by atoms with Crippen molar-refractivity contribution in [3.8, 4) is 0 Å². The van der Waals surface area contributed by atoms with Gasteiger partial charge in [-0.2, -0.15) is 0 Å². The van der Waals surface area contributed by atoms with Gasteiger partial charge in [0.1, 0.15) is 0 Å². The largest absolute Gasteiger partial charge is 0.469 e. The first kappa shape index (κ1) is 9.43. The van der Waals surface area contributed by atoms with Gasteiger partial charge in [-0.05, 0) is 6.42 Å². The quantitative estimate of drug-likeness (QED) is 0.590. The second kappa shape index (κ2) is 5.23. The fourth-order valence-electron chi connectivity index (χ4n) is 0.799. The van der Waals surface area contributed by atoms with Gasteiger partial charge in [-0.15, -0.1) is 0 Å². The SMILES string of the molecule is CCCC(CO)C(=O)OC. The summed E-state index contributed by atoms with van der Waals surface area (Å²) in [5.41, 5.74) is 0. The summed E-state index contributed by atoms with van der Waals surface area (Å²) in [6, 6.07) is 0. The number of ether oxygens (including phenoxy) is 1. The molecule has 0 spiro atoms. The molecule has 0 saturated carbocycles. The molecule has 0 radical (unpaired) electrons. The van der Waals surface area contributed by atoms with E-state index < -0.39 is 0 Å². The first-order chi connectivity index (χ1) is 4.76. The molecular weight excluding hydrogens is 132 g/mol. The molecule has 0 fully saturated rings. The Hall–Kier alpha value is -0.570. The van der Waals surface area contributed by atoms with Crippen LogP contribution >= 0.6 is 0 Å². The Balaban J connectivity index is 3.68. The van der Waals surface area contributed by atoms with Crippen molar-refractivity contribution in [2.45, 2.75) is 19.8 Å². The van der Waals surface area contributed by atoms with Gasteiger partial charge >= 0.3 is 5.97 Å². The highest BCUT2D eigenvalue weighted by Gasteiger charge is 2.15. The number of rotatable bonds is 4. The molecular formula is C7H14O3. The molecule has 0 aliphatic rings. The monoisotopic (exact) mass is 146 g/mol. The van der Waals surface area contributed by atoms with Crippen LogP contribution < -0.4 is 0 Å². The fraction of sp³-hybridized carbons (Fsp3) is 0.857. The molecule has 0 heterocycles. The molecule has 1 unspecified atom stereocenters. The van der Waals surface area contributed by atoms with Gasteiger partial charge in [0, 0.05) is 0 Å². The first-order valence-corrected chi connectivity index (χ1v) is 3.45. The number of hydrogen-bond donors (Lipinski definition) is 1. The lowest BCUT2D eigenvalue weighted by Gasteiger charge is -2.08. The molecule has 0 aliphatic heterocycles. The van der Waals surface area contributed by atoms with Crippen molar-refractivity contribution in [1.29, 1.82) is 0 Å². The zero-order valence-electron chi connectivity index (χ0n) is 6.46. The normalized spacial score (nSPS) is 12.7. The van der Waals surface area contributed by atoms with E-state index in [4.69, 9.17) is 5.11 Å². The first-order valence-electron chi connectivity index (χ1n) is 3.45. The van der Waals surface area contributed by atoms with E-state index in [-0.39, 0.29) is 18.5 Å². The maximum Gasteiger partial charge on any atom is 0.310 e. The average molecular weight is 146 g/mol. The molecule has 0 aromatic carbocycles. The third-order valence-corrected chi connectivity index (χ3v) is 1.39. The predicted molar refractivity (Wildman–Crippen MR) is 37.5 cm³/mol. The van der Waals surface area contributed by atoms with E-state index in [2.05, 4.69) is 4.74 Å². The predicted octanol–water partition coefficient (Wildman–Crippen LogP) is 0.568. The molecule has 60 valence electrons. The Morgan fingerprint density at radius 1 is 1.70 bits per heavy atom. The van der Waals surface area contributed by atoms with Crippen LogP contribution in [0, 0.1) is 5.92 Å². The Bertz CT molecular complexity index is 101. The zero-order chi connectivity index (χ0) is 7.98. The minimum absolute atomic E-state index is 0.111. The number of methoxy groups -OCH3 is 1. The zero-order valence-corrected chi connectivity index (χ0v) is 6.46. The number of aliphatic hydroxyl groups is 1. The van der Waals surface area contributed by atoms with Crippen LogP contribution in [0.1, 0.15) is 19.8 Å². The average Bonchev–Trinajstić information content (AvgIpc) is 1.99. The summed E-state index contributed by atoms with van der Waals surface area (Å²) >= 11 is 0. The summed E-state index contributed by atoms with van der Waals surface area (Å²) in [5.74, 6) is -0.639. The van der Waals surface area contributed by atoms with Gasteiger partial charge in [-0.3, -0.25) is 4.79 Å². The third kappa shape index (κ3) is 2.82. The van der Waals surface area contributed by atoms with E-state index in [0.29, 0.717) is 6.42 Å². The minimum atomic E-state index is -0.324. The van der Waals surface area contributed by atoms with Crippen LogP contribution in [-0.2, 0) is 9.53 Å². The van der Waals surface area contributed by atoms with Crippen molar-refractivity contribution < 1.29 is 14.6 Å². The van der Waals surface area contributed by atoms with Crippen LogP contribution in [0.4, 0.5) is 0 Å². The number of aliphatic hydroxyl groups excluding tert-OH is 1. The molecule has 3 heteroatoms. The smallest absolute Gasteiger partial charge is 0.310 e. The molecule has 0 aromatic heterocycles. The summed E-state index contributed by atoms with van der Waals surface area (Å²) in [5, 5.41) is 8.66. The summed E-state index contributed by atoms with van der Waals surface area (Å²) < 4.78 is 4.46. The Labute approximate surface area is 61.0 Å². The molecule has 0 aromatic rings. The van der Waals surface area contributed by atoms with Crippen LogP contribution in [0.25, 0.3) is 0 Å². The van der Waals surface area contributed by atoms with Gasteiger partial charge in [0.15, 0.2) is 0 Å². The van der Waals surface area contributed by atoms with Gasteiger partial charge in [0.25, 0.3) is 0 Å². The Kier molecular flexibility index (Phi) is 4.94. The number of hydrogen-bond acceptors (Lipinski definition) is 3. The highest BCUT2D eigenvalue weighted by Crippen LogP contribution is 2.06. The maximum absolute atomic E-state index is 10.8. The summed E-state index contributed by atoms with van der Waals surface area (Å²) in [7, 11) is 1.33. The molecule has 10 heavy (non-hydrogen) atoms. The van der Waals surface area contributed by atoms with Crippen molar-refractivity contribution in [2.75, 3.05) is 13.7 Å². The molecule has 0 amide bonds. The summed E-state index contributed by atoms with van der Waals surface area (Å²) in [4.78, 5) is 10.8. The highest BCUT2D eigenvalue weighted by atomic mass is 16.5. The van der Waals surface area contributed by atoms with E-state index in [1.54, 1.807) is 0 Å². The lowest BCUT2D eigenvalue weighted by molar-refractivity contribution is -0.147. The number of carbonyl (C=O) groups is 1. The lowest BCUT2D eigenvalue weighted by Crippen LogP contribution is -2.19. The van der Waals surface area contributed by atoms with Gasteiger partial charge in [0.2, 0.25) is 0 Å². The van der Waals surface area contributed by atoms with Crippen LogP contribution in [0.2, 0.25) is 0 Å². The van der Waals surface area contributed by atoms with Gasteiger partial charge < -0.3 is 9.84 Å². The van der Waals surface area contributed by atoms with Crippen molar-refractivity contribution in [2.24, 2.45) is 5.92 Å². The van der Waals surface area contributed by atoms with E-state index in [1.807, 2.05) is 6.92 Å². The van der Waals surface area contributed by atoms with E-state index in [0.717, 1.165) is 6.42 Å². The molecule has 0 aliphatic carbocycles. The van der Waals surface area contributed by atoms with Crippen molar-refractivity contribution >= 4 is 5.97 Å². The second-order valence-electron chi connectivity index (χ2n) is 2.19. The summed E-state index contributed by atoms with van der Waals surface area (Å²) in [6.45, 7) is 1.85. The van der Waals surface area contributed by atoms with Crippen LogP contribution in [-0.4, -0.2) is 24.8 Å². The highest BCUT2D eigenvalue weighted by molar-refractivity contribution is 5.72. The van der Waals surface area contributed by atoms with Crippen molar-refractivity contribution in [3.05, 3.63) is 0 Å². The molecule has 0 bridgehead atoms. The van der Waals surface area contributed by atoms with Gasteiger partial charge in [-0.1, -0.05) is 13.3 Å². The maximum atomic E-state index is 10.8. The summed E-state index contributed by atoms with van der Waals surface area (Å²) in [6.07, 6.45) is 1.59. The molecule has 0 rings (SSSR count). The van der Waals surface area contributed by atoms with Crippen LogP contribution in [0.3, 0.4) is 0 Å². The van der Waals surface area contributed by atoms with E-state index in [9.17, 15) is 4.79 Å². The van der Waals surface area contributed by atoms with Crippen molar-refractivity contribution in [1.82, 2.24) is 0 Å². The minimum Gasteiger partial charge on any atom is -0.469 e. The second-order valence-corrected chi connectivity index (χ2v) is 2.19. The molecule has 0 saturated heterocycles. The topological polar surface area (TPSA) is 46.5 Å². The third-order valence-electron chi connectivity index (χ3n) is 1.39. The number of esters is 1. The fourth-order valence-corrected chi connectivity index (χ4v) is 0.799. The van der Waals surface area contributed by atoms with Crippen LogP contribution in [0.15, 0.2) is 0 Å². The molecule has 3 nitrogen and oxygen atoms in total. The Morgan fingerprint density at radius 2 is 2.30 bits per heavy atom. The Morgan fingerprint density at radius 3 is 2.60 bits per heavy atom. The lowest BCUT2D eigenvalue weighted by atomic mass is 10.1. The molecule has 1 N–H and O–H groups in total. The number of carbonyl (C=O) groups excluding carboxylic acids is 1. The standard InChI is InChI=1S/C7H14O3/c1-3-4-6(5-8)7(9)10-2/h6,8H,3-5H2,1-2H3. The van der Waals surface area contributed by atoms with E-state index in [1.165, 1.54) is 7.11 Å². The molecule has 1 atom stereocenters.